The van der Waals surface area contributed by atoms with Gasteiger partial charge in [0.2, 0.25) is 59.3 Å². The number of nitrogens with one attached hydrogen (secondary N) is 9. The lowest BCUT2D eigenvalue weighted by Gasteiger charge is -2.37. The molecule has 548 valence electrons. The number of thioether (sulfide) groups is 2. The van der Waals surface area contributed by atoms with Crippen LogP contribution in [0, 0.1) is 11.6 Å². The van der Waals surface area contributed by atoms with Crippen molar-refractivity contribution in [3.8, 4) is 5.75 Å². The van der Waals surface area contributed by atoms with Crippen molar-refractivity contribution in [3.05, 3.63) is 202 Å². The molecule has 8 aromatic rings. The van der Waals surface area contributed by atoms with Crippen molar-refractivity contribution in [2.45, 2.75) is 118 Å². The molecule has 0 aliphatic carbocycles. The average molecular weight is 1470 g/mol. The van der Waals surface area contributed by atoms with Crippen molar-refractivity contribution >= 4 is 116 Å². The van der Waals surface area contributed by atoms with Crippen LogP contribution in [0.25, 0.3) is 21.8 Å². The predicted octanol–water partition coefficient (Wildman–Crippen LogP) is 5.09. The Morgan fingerprint density at radius 1 is 0.638 bits per heavy atom. The summed E-state index contributed by atoms with van der Waals surface area (Å²) in [7, 11) is 0. The molecule has 7 atom stereocenters. The first-order valence-electron chi connectivity index (χ1n) is 34.6. The van der Waals surface area contributed by atoms with Crippen LogP contribution in [0.5, 0.6) is 5.75 Å². The Morgan fingerprint density at radius 2 is 1.27 bits per heavy atom. The SMILES string of the molecule is CC12CCCN1C(=O)C(Cc1ccc(O)cc1)NC(=O)CN1C(=O)C(N=C(c3ccccc3)c3ccccc31)NC(=O)C(Cc1c[nH]c3ccc(F)cc13)NC(=O)C(Cc1c[nH]c3ccc(F)cc13)NC(=O)CNC(=O)C(CCCCN)NC(=O)CCSCc1cccc(c1)CSCC(C(N)=O)NC2=O. The Labute approximate surface area is 612 Å². The van der Waals surface area contributed by atoms with Crippen molar-refractivity contribution in [3.63, 3.8) is 0 Å². The van der Waals surface area contributed by atoms with Gasteiger partial charge in [0.15, 0.2) is 0 Å². The number of phenolic OH excluding ortho intramolecular Hbond substituents is 1. The third-order valence-electron chi connectivity index (χ3n) is 18.8. The summed E-state index contributed by atoms with van der Waals surface area (Å²) >= 11 is 2.83. The molecular formula is C76H82F2N14O11S2. The Kier molecular flexibility index (Phi) is 24.8. The lowest BCUT2D eigenvalue weighted by Crippen LogP contribution is -2.62. The van der Waals surface area contributed by atoms with Gasteiger partial charge in [-0.1, -0.05) is 84.9 Å². The molecule has 2 aromatic heterocycles. The van der Waals surface area contributed by atoms with Gasteiger partial charge >= 0.3 is 0 Å². The van der Waals surface area contributed by atoms with E-state index in [0.29, 0.717) is 92.7 Å². The minimum absolute atomic E-state index is 0.0276. The standard InChI is InChI=1S/C76H82F2N14O11S2/c1-76-27-10-29-92(76)73(101)61(32-44-18-22-52(93)23-19-44)86-66(96)40-91-63-17-6-5-15-53(63)67(47-13-3-2-4-14-47)89-69(74(91)102)90-72(100)60(34-49-38-82-57-25-21-51(78)36-55(49)57)87-71(99)59(33-48-37-81-56-24-20-50(77)35-54(48)56)85-65(95)39-83-70(98)58(16-7-8-28-79)84-64(94)26-30-104-41-45-11-9-12-46(31-45)42-105-43-62(68(80)97)88-75(76)103/h2-6,9,11-15,17-25,31,35-38,58-62,69,81-82,93H,7-8,10,16,26-30,32-34,39-43,79H2,1H3,(H2,80,97)(H,83,98)(H,84,94)(H,85,95)(H,86,96)(H,87,99)(H,88,103)(H,90,100). The number of halogens is 2. The van der Waals surface area contributed by atoms with Crippen LogP contribution in [0.15, 0.2) is 157 Å². The van der Waals surface area contributed by atoms with Crippen LogP contribution in [0.3, 0.4) is 0 Å². The van der Waals surface area contributed by atoms with Gasteiger partial charge in [-0.25, -0.2) is 13.8 Å². The van der Waals surface area contributed by atoms with Crippen LogP contribution in [-0.4, -0.2) is 164 Å². The van der Waals surface area contributed by atoms with Crippen molar-refractivity contribution in [1.29, 1.82) is 0 Å². The second-order valence-corrected chi connectivity index (χ2v) is 28.5. The maximum atomic E-state index is 15.7. The van der Waals surface area contributed by atoms with Crippen LogP contribution >= 0.6 is 23.5 Å². The third-order valence-corrected chi connectivity index (χ3v) is 20.9. The minimum Gasteiger partial charge on any atom is -0.508 e. The number of benzene rings is 6. The highest BCUT2D eigenvalue weighted by Crippen LogP contribution is 2.33. The first kappa shape index (κ1) is 75.3. The average Bonchev–Trinajstić information content (AvgIpc) is 1.67. The van der Waals surface area contributed by atoms with E-state index in [9.17, 15) is 33.5 Å². The van der Waals surface area contributed by atoms with Gasteiger partial charge in [0, 0.05) is 101 Å². The Morgan fingerprint density at radius 3 is 1.94 bits per heavy atom. The molecule has 10 amide bonds. The van der Waals surface area contributed by atoms with E-state index in [1.54, 1.807) is 73.7 Å². The highest BCUT2D eigenvalue weighted by molar-refractivity contribution is 7.98. The molecule has 11 rings (SSSR count). The van der Waals surface area contributed by atoms with Crippen molar-refractivity contribution in [2.75, 3.05) is 42.6 Å². The number of aromatic hydroxyl groups is 1. The highest BCUT2D eigenvalue weighted by Gasteiger charge is 2.49. The van der Waals surface area contributed by atoms with E-state index >= 15 is 28.4 Å². The number of H-pyrrole nitrogens is 2. The second-order valence-electron chi connectivity index (χ2n) is 26.3. The zero-order chi connectivity index (χ0) is 74.3. The van der Waals surface area contributed by atoms with Gasteiger partial charge < -0.3 is 68.7 Å². The van der Waals surface area contributed by atoms with Gasteiger partial charge in [-0.05, 0) is 128 Å². The topological polar surface area (TPSA) is 378 Å². The number of nitrogens with two attached hydrogens (primary N) is 2. The zero-order valence-corrected chi connectivity index (χ0v) is 59.2. The molecule has 3 aliphatic heterocycles. The van der Waals surface area contributed by atoms with E-state index in [4.69, 9.17) is 16.5 Å². The number of nitrogens with zero attached hydrogens (tertiary/aromatic N) is 3. The summed E-state index contributed by atoms with van der Waals surface area (Å²) in [4.78, 5) is 160. The number of aromatic nitrogens is 2. The van der Waals surface area contributed by atoms with E-state index in [0.717, 1.165) is 16.0 Å². The smallest absolute Gasteiger partial charge is 0.272 e. The lowest BCUT2D eigenvalue weighted by atomic mass is 9.95. The molecule has 0 radical (unpaired) electrons. The number of hydrogen-bond acceptors (Lipinski definition) is 15. The molecule has 5 heterocycles. The number of carbonyl (C=O) groups is 10. The number of carbonyl (C=O) groups excluding carboxylic acids is 10. The normalized spacial score (nSPS) is 22.0. The van der Waals surface area contributed by atoms with Crippen LogP contribution in [-0.2, 0) is 78.7 Å². The number of aliphatic imine (C=N–C) groups is 1. The van der Waals surface area contributed by atoms with Crippen molar-refractivity contribution < 1.29 is 61.8 Å². The fraction of sp³-hybridized carbons (Fsp3) is 0.329. The van der Waals surface area contributed by atoms with Crippen molar-refractivity contribution in [2.24, 2.45) is 16.5 Å². The number of unbranched alkanes of at least 4 members (excludes halogenated alkanes) is 1. The van der Waals surface area contributed by atoms with E-state index in [-0.39, 0.29) is 68.0 Å². The van der Waals surface area contributed by atoms with Gasteiger partial charge in [0.25, 0.3) is 5.91 Å². The molecule has 25 nitrogen and oxygen atoms in total. The molecule has 0 spiro atoms. The summed E-state index contributed by atoms with van der Waals surface area (Å²) < 4.78 is 30.1. The molecule has 14 N–H and O–H groups in total. The monoisotopic (exact) mass is 1470 g/mol. The minimum atomic E-state index is -1.90. The number of amides is 10. The number of phenols is 1. The molecular weight excluding hydrogens is 1390 g/mol. The highest BCUT2D eigenvalue weighted by atomic mass is 32.2. The molecule has 29 heteroatoms. The molecule has 4 bridgehead atoms. The number of aromatic amines is 2. The van der Waals surface area contributed by atoms with E-state index in [1.165, 1.54) is 89.3 Å². The van der Waals surface area contributed by atoms with Gasteiger partial charge in [0.1, 0.15) is 59.7 Å². The van der Waals surface area contributed by atoms with E-state index in [1.807, 2.05) is 24.3 Å². The Balaban J connectivity index is 0.957. The van der Waals surface area contributed by atoms with Crippen LogP contribution < -0.4 is 53.6 Å². The summed E-state index contributed by atoms with van der Waals surface area (Å²) in [6.07, 6.45) is 1.95. The Hall–Kier alpha value is -10.9. The zero-order valence-electron chi connectivity index (χ0n) is 57.5. The molecule has 3 aliphatic rings. The van der Waals surface area contributed by atoms with Crippen LogP contribution in [0.4, 0.5) is 14.5 Å². The molecule has 7 unspecified atom stereocenters. The molecule has 1 fully saturated rings. The molecule has 105 heavy (non-hydrogen) atoms. The van der Waals surface area contributed by atoms with Crippen LogP contribution in [0.2, 0.25) is 0 Å². The number of para-hydroxylation sites is 1. The summed E-state index contributed by atoms with van der Waals surface area (Å²) in [5, 5.41) is 30.2. The van der Waals surface area contributed by atoms with Gasteiger partial charge in [0.05, 0.1) is 17.9 Å². The number of fused-ring (bicyclic) bond motifs is 9. The quantitative estimate of drug-likeness (QED) is 0.0709. The lowest BCUT2D eigenvalue weighted by molar-refractivity contribution is -0.147. The molecule has 1 saturated heterocycles. The first-order valence-corrected chi connectivity index (χ1v) is 36.9. The fourth-order valence-corrected chi connectivity index (χ4v) is 15.1. The summed E-state index contributed by atoms with van der Waals surface area (Å²) in [5.41, 5.74) is 15.3. The first-order chi connectivity index (χ1) is 50.6. The van der Waals surface area contributed by atoms with Gasteiger partial charge in [-0.2, -0.15) is 23.5 Å². The number of hydrogen-bond donors (Lipinski definition) is 12. The molecule has 0 saturated carbocycles. The maximum Gasteiger partial charge on any atom is 0.272 e. The van der Waals surface area contributed by atoms with Crippen LogP contribution in [0.1, 0.15) is 84.4 Å². The van der Waals surface area contributed by atoms with E-state index in [2.05, 4.69) is 47.2 Å². The maximum absolute atomic E-state index is 15.7. The fourth-order valence-electron chi connectivity index (χ4n) is 13.2. The summed E-state index contributed by atoms with van der Waals surface area (Å²) in [6.45, 7) is 0.438. The third kappa shape index (κ3) is 18.9. The summed E-state index contributed by atoms with van der Waals surface area (Å²) in [6, 6.07) is 29.8. The number of primary amides is 1. The molecule has 6 aromatic carbocycles. The predicted molar refractivity (Wildman–Crippen MR) is 396 cm³/mol. The van der Waals surface area contributed by atoms with Crippen molar-refractivity contribution in [1.82, 2.24) is 52.1 Å². The van der Waals surface area contributed by atoms with Gasteiger partial charge in [-0.15, -0.1) is 0 Å². The van der Waals surface area contributed by atoms with E-state index < -0.39 is 126 Å². The number of anilines is 1. The van der Waals surface area contributed by atoms with Gasteiger partial charge in [-0.3, -0.25) is 52.8 Å². The second kappa shape index (κ2) is 34.6. The summed E-state index contributed by atoms with van der Waals surface area (Å²) in [5.74, 6) is -7.94. The largest absolute Gasteiger partial charge is 0.508 e. The number of rotatable bonds is 12. The Bertz CT molecular complexity index is 4600.